The molecule has 0 bridgehead atoms. The van der Waals surface area contributed by atoms with Crippen molar-refractivity contribution in [2.45, 2.75) is 26.0 Å². The highest BCUT2D eigenvalue weighted by Crippen LogP contribution is 2.03. The third-order valence-corrected chi connectivity index (χ3v) is 1.88. The van der Waals surface area contributed by atoms with Crippen LogP contribution in [0, 0.1) is 6.92 Å². The van der Waals surface area contributed by atoms with E-state index in [1.54, 1.807) is 13.1 Å². The van der Waals surface area contributed by atoms with Crippen LogP contribution in [0.25, 0.3) is 0 Å². The highest BCUT2D eigenvalue weighted by molar-refractivity contribution is 5.76. The number of aromatic nitrogens is 1. The Hall–Kier alpha value is -1.40. The smallest absolute Gasteiger partial charge is 0.336 e. The summed E-state index contributed by atoms with van der Waals surface area (Å²) in [4.78, 5) is 14.5. The van der Waals surface area contributed by atoms with Crippen LogP contribution in [0.3, 0.4) is 0 Å². The fourth-order valence-electron chi connectivity index (χ4n) is 0.972. The summed E-state index contributed by atoms with van der Waals surface area (Å²) in [6.07, 6.45) is 1.58. The molecule has 1 heterocycles. The second-order valence-corrected chi connectivity index (χ2v) is 3.55. The number of hydrogen-bond donors (Lipinski definition) is 3. The average Bonchev–Trinajstić information content (AvgIpc) is 2.51. The van der Waals surface area contributed by atoms with Crippen LogP contribution in [0.5, 0.6) is 0 Å². The molecule has 15 heavy (non-hydrogen) atoms. The van der Waals surface area contributed by atoms with E-state index in [1.807, 2.05) is 0 Å². The average molecular weight is 214 g/mol. The Morgan fingerprint density at radius 1 is 1.73 bits per heavy atom. The van der Waals surface area contributed by atoms with Gasteiger partial charge in [0.05, 0.1) is 12.7 Å². The molecule has 0 radical (unpaired) electrons. The van der Waals surface area contributed by atoms with Gasteiger partial charge in [0.25, 0.3) is 0 Å². The summed E-state index contributed by atoms with van der Waals surface area (Å²) in [6.45, 7) is 3.22. The predicted molar refractivity (Wildman–Crippen MR) is 51.2 cm³/mol. The number of aliphatic hydroxyl groups is 1. The first-order valence-electron chi connectivity index (χ1n) is 4.49. The molecular formula is C9H14N2O4. The lowest BCUT2D eigenvalue weighted by molar-refractivity contribution is -0.156. The number of oxazole rings is 1. The zero-order chi connectivity index (χ0) is 11.5. The van der Waals surface area contributed by atoms with Crippen LogP contribution >= 0.6 is 0 Å². The minimum Gasteiger partial charge on any atom is -0.479 e. The van der Waals surface area contributed by atoms with Crippen molar-refractivity contribution in [1.29, 1.82) is 0 Å². The molecule has 84 valence electrons. The molecule has 0 aromatic carbocycles. The maximum atomic E-state index is 10.5. The van der Waals surface area contributed by atoms with Crippen molar-refractivity contribution >= 4 is 5.97 Å². The molecule has 6 heteroatoms. The molecule has 0 aliphatic carbocycles. The Morgan fingerprint density at radius 3 is 2.87 bits per heavy atom. The molecule has 0 fully saturated rings. The van der Waals surface area contributed by atoms with Crippen molar-refractivity contribution in [3.63, 3.8) is 0 Å². The monoisotopic (exact) mass is 214 g/mol. The third-order valence-electron chi connectivity index (χ3n) is 1.88. The number of aryl methyl sites for hydroxylation is 1. The van der Waals surface area contributed by atoms with Gasteiger partial charge in [0.15, 0.2) is 5.60 Å². The molecule has 1 unspecified atom stereocenters. The molecule has 6 nitrogen and oxygen atoms in total. The molecule has 0 saturated carbocycles. The molecule has 1 rings (SSSR count). The highest BCUT2D eigenvalue weighted by Gasteiger charge is 2.29. The Balaban J connectivity index is 2.36. The quantitative estimate of drug-likeness (QED) is 0.634. The molecule has 0 aliphatic rings. The van der Waals surface area contributed by atoms with Gasteiger partial charge in [-0.3, -0.25) is 0 Å². The maximum absolute atomic E-state index is 10.5. The van der Waals surface area contributed by atoms with E-state index in [-0.39, 0.29) is 13.1 Å². The van der Waals surface area contributed by atoms with Gasteiger partial charge in [0.1, 0.15) is 5.76 Å². The largest absolute Gasteiger partial charge is 0.479 e. The Morgan fingerprint density at radius 2 is 2.40 bits per heavy atom. The topological polar surface area (TPSA) is 95.6 Å². The van der Waals surface area contributed by atoms with E-state index in [0.717, 1.165) is 0 Å². The maximum Gasteiger partial charge on any atom is 0.336 e. The van der Waals surface area contributed by atoms with Crippen molar-refractivity contribution in [1.82, 2.24) is 10.3 Å². The van der Waals surface area contributed by atoms with Crippen LogP contribution in [0.1, 0.15) is 18.6 Å². The molecule has 3 N–H and O–H groups in total. The van der Waals surface area contributed by atoms with Crippen molar-refractivity contribution in [3.8, 4) is 0 Å². The molecule has 1 atom stereocenters. The van der Waals surface area contributed by atoms with Crippen LogP contribution < -0.4 is 5.32 Å². The number of nitrogens with zero attached hydrogens (tertiary/aromatic N) is 1. The van der Waals surface area contributed by atoms with Gasteiger partial charge in [0, 0.05) is 6.54 Å². The second-order valence-electron chi connectivity index (χ2n) is 3.55. The lowest BCUT2D eigenvalue weighted by atomic mass is 10.1. The molecule has 0 aliphatic heterocycles. The number of aliphatic carboxylic acids is 1. The van der Waals surface area contributed by atoms with Crippen molar-refractivity contribution in [3.05, 3.63) is 17.8 Å². The third kappa shape index (κ3) is 3.34. The van der Waals surface area contributed by atoms with Crippen LogP contribution in [0.2, 0.25) is 0 Å². The molecular weight excluding hydrogens is 200 g/mol. The Kier molecular flexibility index (Phi) is 3.43. The zero-order valence-electron chi connectivity index (χ0n) is 8.65. The van der Waals surface area contributed by atoms with Gasteiger partial charge in [0.2, 0.25) is 5.89 Å². The lowest BCUT2D eigenvalue weighted by Gasteiger charge is -2.17. The van der Waals surface area contributed by atoms with Gasteiger partial charge >= 0.3 is 5.97 Å². The first kappa shape index (κ1) is 11.7. The van der Waals surface area contributed by atoms with Gasteiger partial charge in [-0.15, -0.1) is 0 Å². The van der Waals surface area contributed by atoms with E-state index in [1.165, 1.54) is 6.92 Å². The zero-order valence-corrected chi connectivity index (χ0v) is 8.65. The predicted octanol–water partition coefficient (Wildman–Crippen LogP) is -0.0918. The van der Waals surface area contributed by atoms with Gasteiger partial charge < -0.3 is 19.9 Å². The molecule has 1 aromatic heterocycles. The van der Waals surface area contributed by atoms with Gasteiger partial charge in [-0.1, -0.05) is 0 Å². The molecule has 0 amide bonds. The van der Waals surface area contributed by atoms with Crippen molar-refractivity contribution in [2.75, 3.05) is 6.54 Å². The highest BCUT2D eigenvalue weighted by atomic mass is 16.4. The van der Waals surface area contributed by atoms with Crippen LogP contribution in [-0.4, -0.2) is 33.3 Å². The summed E-state index contributed by atoms with van der Waals surface area (Å²) >= 11 is 0. The van der Waals surface area contributed by atoms with E-state index in [2.05, 4.69) is 10.3 Å². The van der Waals surface area contributed by atoms with E-state index in [4.69, 9.17) is 9.52 Å². The standard InChI is InChI=1S/C9H14N2O4/c1-6-3-11-7(15-6)4-10-5-9(2,14)8(12)13/h3,10,14H,4-5H2,1-2H3,(H,12,13). The molecule has 0 spiro atoms. The fourth-order valence-corrected chi connectivity index (χ4v) is 0.972. The van der Waals surface area contributed by atoms with Crippen LogP contribution in [-0.2, 0) is 11.3 Å². The summed E-state index contributed by atoms with van der Waals surface area (Å²) in [7, 11) is 0. The van der Waals surface area contributed by atoms with Gasteiger partial charge in [-0.05, 0) is 13.8 Å². The summed E-state index contributed by atoms with van der Waals surface area (Å²) in [5, 5.41) is 20.7. The van der Waals surface area contributed by atoms with Crippen molar-refractivity contribution in [2.24, 2.45) is 0 Å². The summed E-state index contributed by atoms with van der Waals surface area (Å²) in [5.41, 5.74) is -1.78. The fraction of sp³-hybridized carbons (Fsp3) is 0.556. The normalized spacial score (nSPS) is 14.9. The Labute approximate surface area is 86.9 Å². The summed E-state index contributed by atoms with van der Waals surface area (Å²) in [6, 6.07) is 0. The minimum atomic E-state index is -1.78. The SMILES string of the molecule is Cc1cnc(CNCC(C)(O)C(=O)O)o1. The van der Waals surface area contributed by atoms with Crippen LogP contribution in [0.15, 0.2) is 10.6 Å². The number of rotatable bonds is 5. The molecule has 1 aromatic rings. The summed E-state index contributed by atoms with van der Waals surface area (Å²) in [5.74, 6) is -0.107. The molecule has 0 saturated heterocycles. The van der Waals surface area contributed by atoms with Gasteiger partial charge in [-0.2, -0.15) is 0 Å². The van der Waals surface area contributed by atoms with E-state index in [9.17, 15) is 9.90 Å². The Bertz CT molecular complexity index is 346. The van der Waals surface area contributed by atoms with E-state index < -0.39 is 11.6 Å². The van der Waals surface area contributed by atoms with Crippen LogP contribution in [0.4, 0.5) is 0 Å². The number of carboxylic acids is 1. The minimum absolute atomic E-state index is 0.0657. The first-order valence-corrected chi connectivity index (χ1v) is 4.49. The number of hydrogen-bond acceptors (Lipinski definition) is 5. The van der Waals surface area contributed by atoms with Crippen molar-refractivity contribution < 1.29 is 19.4 Å². The summed E-state index contributed by atoms with van der Waals surface area (Å²) < 4.78 is 5.16. The van der Waals surface area contributed by atoms with E-state index >= 15 is 0 Å². The second kappa shape index (κ2) is 4.41. The first-order chi connectivity index (χ1) is 6.92. The number of carbonyl (C=O) groups is 1. The van der Waals surface area contributed by atoms with E-state index in [0.29, 0.717) is 11.7 Å². The van der Waals surface area contributed by atoms with Gasteiger partial charge in [-0.25, -0.2) is 9.78 Å². The number of carboxylic acid groups (broad SMARTS) is 1. The lowest BCUT2D eigenvalue weighted by Crippen LogP contribution is -2.44. The number of nitrogens with one attached hydrogen (secondary N) is 1.